The van der Waals surface area contributed by atoms with E-state index in [1.807, 2.05) is 36.4 Å². The minimum atomic E-state index is 0.0305. The van der Waals surface area contributed by atoms with Gasteiger partial charge >= 0.3 is 0 Å². The molecule has 1 aliphatic rings. The van der Waals surface area contributed by atoms with Crippen LogP contribution in [0.1, 0.15) is 18.4 Å². The highest BCUT2D eigenvalue weighted by Gasteiger charge is 2.12. The second kappa shape index (κ2) is 8.45. The Morgan fingerprint density at radius 1 is 1.04 bits per heavy atom. The number of rotatable bonds is 6. The first-order valence-corrected chi connectivity index (χ1v) is 9.71. The molecular formula is C19H21ClN2OS. The van der Waals surface area contributed by atoms with Gasteiger partial charge in [-0.1, -0.05) is 23.7 Å². The molecule has 126 valence electrons. The summed E-state index contributed by atoms with van der Waals surface area (Å²) in [5.74, 6) is 1.28. The van der Waals surface area contributed by atoms with Gasteiger partial charge in [-0.25, -0.2) is 0 Å². The smallest absolute Gasteiger partial charge is 0.234 e. The average Bonchev–Trinajstić information content (AvgIpc) is 3.12. The van der Waals surface area contributed by atoms with E-state index in [-0.39, 0.29) is 5.91 Å². The van der Waals surface area contributed by atoms with Gasteiger partial charge < -0.3 is 10.2 Å². The summed E-state index contributed by atoms with van der Waals surface area (Å²) in [5.41, 5.74) is 3.27. The van der Waals surface area contributed by atoms with Crippen molar-refractivity contribution < 1.29 is 4.79 Å². The number of hydrogen-bond donors (Lipinski definition) is 1. The van der Waals surface area contributed by atoms with E-state index in [1.165, 1.54) is 24.1 Å². The fourth-order valence-electron chi connectivity index (χ4n) is 2.77. The minimum Gasteiger partial charge on any atom is -0.372 e. The fourth-order valence-corrected chi connectivity index (χ4v) is 3.68. The van der Waals surface area contributed by atoms with E-state index < -0.39 is 0 Å². The molecule has 24 heavy (non-hydrogen) atoms. The summed E-state index contributed by atoms with van der Waals surface area (Å²) in [4.78, 5) is 14.4. The Morgan fingerprint density at radius 2 is 1.71 bits per heavy atom. The molecule has 1 saturated heterocycles. The normalized spacial score (nSPS) is 14.0. The number of benzene rings is 2. The highest BCUT2D eigenvalue weighted by Crippen LogP contribution is 2.22. The third-order valence-corrected chi connectivity index (χ3v) is 5.29. The van der Waals surface area contributed by atoms with E-state index >= 15 is 0 Å². The van der Waals surface area contributed by atoms with E-state index in [9.17, 15) is 4.79 Å². The molecule has 3 rings (SSSR count). The van der Waals surface area contributed by atoms with Crippen molar-refractivity contribution in [1.82, 2.24) is 0 Å². The number of halogens is 1. The Kier molecular flexibility index (Phi) is 6.05. The molecule has 5 heteroatoms. The van der Waals surface area contributed by atoms with Crippen LogP contribution >= 0.6 is 23.4 Å². The molecule has 2 aromatic carbocycles. The van der Waals surface area contributed by atoms with Crippen molar-refractivity contribution in [3.8, 4) is 0 Å². The number of amides is 1. The standard InChI is InChI=1S/C19H21ClN2OS/c20-16-5-3-15(4-6-16)13-24-14-19(23)21-17-7-9-18(10-8-17)22-11-1-2-12-22/h3-10H,1-2,11-14H2,(H,21,23). The highest BCUT2D eigenvalue weighted by molar-refractivity contribution is 7.99. The van der Waals surface area contributed by atoms with Crippen molar-refractivity contribution in [1.29, 1.82) is 0 Å². The number of hydrogen-bond acceptors (Lipinski definition) is 3. The van der Waals surface area contributed by atoms with Gasteiger partial charge in [0.2, 0.25) is 5.91 Å². The summed E-state index contributed by atoms with van der Waals surface area (Å²) in [6.07, 6.45) is 2.53. The van der Waals surface area contributed by atoms with Gasteiger partial charge in [-0.05, 0) is 54.8 Å². The van der Waals surface area contributed by atoms with Crippen molar-refractivity contribution in [3.05, 3.63) is 59.1 Å². The third kappa shape index (κ3) is 4.92. The molecule has 0 aromatic heterocycles. The molecule has 0 radical (unpaired) electrons. The highest BCUT2D eigenvalue weighted by atomic mass is 35.5. The molecule has 0 spiro atoms. The zero-order chi connectivity index (χ0) is 16.8. The molecule has 2 aromatic rings. The van der Waals surface area contributed by atoms with Gasteiger partial charge in [-0.2, -0.15) is 0 Å². The molecule has 0 aliphatic carbocycles. The predicted octanol–water partition coefficient (Wildman–Crippen LogP) is 4.81. The number of anilines is 2. The maximum atomic E-state index is 12.0. The molecule has 1 aliphatic heterocycles. The number of carbonyl (C=O) groups excluding carboxylic acids is 1. The van der Waals surface area contributed by atoms with Crippen LogP contribution in [-0.4, -0.2) is 24.7 Å². The van der Waals surface area contributed by atoms with Gasteiger partial charge in [0.15, 0.2) is 0 Å². The van der Waals surface area contributed by atoms with Gasteiger partial charge in [0.05, 0.1) is 5.75 Å². The summed E-state index contributed by atoms with van der Waals surface area (Å²) in [6.45, 7) is 2.26. The van der Waals surface area contributed by atoms with Crippen molar-refractivity contribution in [3.63, 3.8) is 0 Å². The lowest BCUT2D eigenvalue weighted by Crippen LogP contribution is -2.18. The van der Waals surface area contributed by atoms with Crippen LogP contribution in [0.25, 0.3) is 0 Å². The van der Waals surface area contributed by atoms with Crippen LogP contribution in [0.3, 0.4) is 0 Å². The molecule has 1 N–H and O–H groups in total. The van der Waals surface area contributed by atoms with Gasteiger partial charge in [0, 0.05) is 35.2 Å². The predicted molar refractivity (Wildman–Crippen MR) is 104 cm³/mol. The number of nitrogens with one attached hydrogen (secondary N) is 1. The lowest BCUT2D eigenvalue weighted by atomic mass is 10.2. The van der Waals surface area contributed by atoms with Crippen LogP contribution in [0.15, 0.2) is 48.5 Å². The molecule has 0 unspecified atom stereocenters. The van der Waals surface area contributed by atoms with E-state index in [2.05, 4.69) is 22.3 Å². The average molecular weight is 361 g/mol. The van der Waals surface area contributed by atoms with Crippen LogP contribution in [0.5, 0.6) is 0 Å². The zero-order valence-electron chi connectivity index (χ0n) is 13.5. The van der Waals surface area contributed by atoms with E-state index in [0.29, 0.717) is 5.75 Å². The molecule has 1 amide bonds. The lowest BCUT2D eigenvalue weighted by molar-refractivity contribution is -0.113. The third-order valence-electron chi connectivity index (χ3n) is 4.04. The van der Waals surface area contributed by atoms with Gasteiger partial charge in [-0.3, -0.25) is 4.79 Å². The summed E-state index contributed by atoms with van der Waals surface area (Å²) < 4.78 is 0. The Labute approximate surface area is 152 Å². The van der Waals surface area contributed by atoms with Gasteiger partial charge in [0.25, 0.3) is 0 Å². The Balaban J connectivity index is 1.43. The van der Waals surface area contributed by atoms with Crippen LogP contribution in [0, 0.1) is 0 Å². The Hall–Kier alpha value is -1.65. The van der Waals surface area contributed by atoms with Crippen molar-refractivity contribution >= 4 is 40.6 Å². The lowest BCUT2D eigenvalue weighted by Gasteiger charge is -2.17. The van der Waals surface area contributed by atoms with Gasteiger partial charge in [-0.15, -0.1) is 11.8 Å². The molecule has 0 atom stereocenters. The minimum absolute atomic E-state index is 0.0305. The first kappa shape index (κ1) is 17.2. The molecule has 3 nitrogen and oxygen atoms in total. The van der Waals surface area contributed by atoms with Crippen LogP contribution in [0.2, 0.25) is 5.02 Å². The van der Waals surface area contributed by atoms with E-state index in [4.69, 9.17) is 11.6 Å². The summed E-state index contributed by atoms with van der Waals surface area (Å²) in [6, 6.07) is 15.9. The van der Waals surface area contributed by atoms with Crippen molar-refractivity contribution in [2.75, 3.05) is 29.1 Å². The monoisotopic (exact) mass is 360 g/mol. The number of carbonyl (C=O) groups is 1. The van der Waals surface area contributed by atoms with Crippen molar-refractivity contribution in [2.45, 2.75) is 18.6 Å². The second-order valence-electron chi connectivity index (χ2n) is 5.91. The largest absolute Gasteiger partial charge is 0.372 e. The number of nitrogens with zero attached hydrogens (tertiary/aromatic N) is 1. The summed E-state index contributed by atoms with van der Waals surface area (Å²) in [7, 11) is 0. The summed E-state index contributed by atoms with van der Waals surface area (Å²) in [5, 5.41) is 3.69. The van der Waals surface area contributed by atoms with Crippen molar-refractivity contribution in [2.24, 2.45) is 0 Å². The zero-order valence-corrected chi connectivity index (χ0v) is 15.1. The molecule has 0 saturated carbocycles. The Bertz CT molecular complexity index is 667. The summed E-state index contributed by atoms with van der Waals surface area (Å²) >= 11 is 7.46. The fraction of sp³-hybridized carbons (Fsp3) is 0.316. The molecule has 1 heterocycles. The van der Waals surface area contributed by atoms with Crippen LogP contribution < -0.4 is 10.2 Å². The SMILES string of the molecule is O=C(CSCc1ccc(Cl)cc1)Nc1ccc(N2CCCC2)cc1. The van der Waals surface area contributed by atoms with Crippen LogP contribution in [-0.2, 0) is 10.5 Å². The maximum Gasteiger partial charge on any atom is 0.234 e. The molecule has 0 bridgehead atoms. The van der Waals surface area contributed by atoms with Gasteiger partial charge in [0.1, 0.15) is 0 Å². The number of thioether (sulfide) groups is 1. The molecular weight excluding hydrogens is 340 g/mol. The van der Waals surface area contributed by atoms with Crippen LogP contribution in [0.4, 0.5) is 11.4 Å². The quantitative estimate of drug-likeness (QED) is 0.802. The maximum absolute atomic E-state index is 12.0. The molecule has 1 fully saturated rings. The second-order valence-corrected chi connectivity index (χ2v) is 7.33. The van der Waals surface area contributed by atoms with E-state index in [1.54, 1.807) is 11.8 Å². The first-order valence-electron chi connectivity index (χ1n) is 8.18. The topological polar surface area (TPSA) is 32.3 Å². The first-order chi connectivity index (χ1) is 11.7. The van der Waals surface area contributed by atoms with E-state index in [0.717, 1.165) is 29.6 Å². The Morgan fingerprint density at radius 3 is 2.38 bits per heavy atom.